The molecule has 0 aliphatic carbocycles. The molecule has 2 rings (SSSR count). The van der Waals surface area contributed by atoms with Crippen LogP contribution in [0.5, 0.6) is 0 Å². The first kappa shape index (κ1) is 13.9. The minimum Gasteiger partial charge on any atom is -0.329 e. The molecule has 18 heavy (non-hydrogen) atoms. The fourth-order valence-electron chi connectivity index (χ4n) is 1.73. The van der Waals surface area contributed by atoms with Crippen molar-refractivity contribution in [3.63, 3.8) is 0 Å². The second kappa shape index (κ2) is 6.62. The topological polar surface area (TPSA) is 26.0 Å². The Hall–Kier alpha value is -0.480. The minimum absolute atomic E-state index is 0.335. The molecular formula is C14H16ClNS2. The van der Waals surface area contributed by atoms with Crippen LogP contribution in [0.3, 0.4) is 0 Å². The number of aryl methyl sites for hydroxylation is 1. The Morgan fingerprint density at radius 1 is 1.28 bits per heavy atom. The fourth-order valence-corrected chi connectivity index (χ4v) is 4.22. The molecule has 0 fully saturated rings. The standard InChI is InChI=1S/C14H16ClNS2/c1-10-4-2-3-5-11(10)9-17-13(8-16)12-6-7-14(15)18-12/h2-7,13H,8-9,16H2,1H3. The number of hydrogen-bond donors (Lipinski definition) is 1. The van der Waals surface area contributed by atoms with E-state index in [1.807, 2.05) is 17.8 Å². The van der Waals surface area contributed by atoms with Crippen molar-refractivity contribution < 1.29 is 0 Å². The summed E-state index contributed by atoms with van der Waals surface area (Å²) in [5.74, 6) is 0.990. The molecule has 0 aliphatic heterocycles. The summed E-state index contributed by atoms with van der Waals surface area (Å²) < 4.78 is 0.833. The number of nitrogens with two attached hydrogens (primary N) is 1. The third-order valence-electron chi connectivity index (χ3n) is 2.83. The smallest absolute Gasteiger partial charge is 0.0931 e. The molecule has 0 radical (unpaired) electrons. The first-order valence-corrected chi connectivity index (χ1v) is 8.06. The van der Waals surface area contributed by atoms with E-state index in [0.717, 1.165) is 10.1 Å². The van der Waals surface area contributed by atoms with Gasteiger partial charge in [-0.25, -0.2) is 0 Å². The average molecular weight is 298 g/mol. The molecule has 0 bridgehead atoms. The number of thioether (sulfide) groups is 1. The zero-order valence-corrected chi connectivity index (χ0v) is 12.6. The second-order valence-electron chi connectivity index (χ2n) is 4.10. The Labute approximate surface area is 121 Å². The van der Waals surface area contributed by atoms with Crippen molar-refractivity contribution in [1.29, 1.82) is 0 Å². The summed E-state index contributed by atoms with van der Waals surface area (Å²) in [6.45, 7) is 2.79. The van der Waals surface area contributed by atoms with Crippen LogP contribution in [0.1, 0.15) is 21.3 Å². The quantitative estimate of drug-likeness (QED) is 0.870. The third kappa shape index (κ3) is 3.51. The lowest BCUT2D eigenvalue weighted by Crippen LogP contribution is -2.08. The van der Waals surface area contributed by atoms with Crippen molar-refractivity contribution in [3.8, 4) is 0 Å². The largest absolute Gasteiger partial charge is 0.329 e. The van der Waals surface area contributed by atoms with Gasteiger partial charge in [0.1, 0.15) is 0 Å². The molecule has 0 amide bonds. The number of hydrogen-bond acceptors (Lipinski definition) is 3. The van der Waals surface area contributed by atoms with E-state index in [-0.39, 0.29) is 0 Å². The molecule has 96 valence electrons. The van der Waals surface area contributed by atoms with E-state index in [0.29, 0.717) is 11.8 Å². The molecule has 0 saturated carbocycles. The van der Waals surface area contributed by atoms with E-state index in [9.17, 15) is 0 Å². The van der Waals surface area contributed by atoms with Crippen LogP contribution in [-0.4, -0.2) is 6.54 Å². The van der Waals surface area contributed by atoms with E-state index >= 15 is 0 Å². The minimum atomic E-state index is 0.335. The molecule has 0 saturated heterocycles. The van der Waals surface area contributed by atoms with Crippen LogP contribution in [0, 0.1) is 6.92 Å². The van der Waals surface area contributed by atoms with Crippen LogP contribution in [0.4, 0.5) is 0 Å². The second-order valence-corrected chi connectivity index (χ2v) is 7.04. The fraction of sp³-hybridized carbons (Fsp3) is 0.286. The molecule has 0 spiro atoms. The zero-order chi connectivity index (χ0) is 13.0. The van der Waals surface area contributed by atoms with Crippen LogP contribution in [0.25, 0.3) is 0 Å². The van der Waals surface area contributed by atoms with Crippen molar-refractivity contribution in [2.75, 3.05) is 6.54 Å². The highest BCUT2D eigenvalue weighted by molar-refractivity contribution is 7.98. The maximum absolute atomic E-state index is 5.97. The summed E-state index contributed by atoms with van der Waals surface area (Å²) in [5.41, 5.74) is 8.58. The molecule has 0 aliphatic rings. The van der Waals surface area contributed by atoms with Gasteiger partial charge in [0.05, 0.1) is 9.59 Å². The van der Waals surface area contributed by atoms with E-state index < -0.39 is 0 Å². The summed E-state index contributed by atoms with van der Waals surface area (Å²) >= 11 is 9.48. The van der Waals surface area contributed by atoms with Gasteiger partial charge in [-0.15, -0.1) is 23.1 Å². The highest BCUT2D eigenvalue weighted by Gasteiger charge is 2.13. The van der Waals surface area contributed by atoms with Gasteiger partial charge in [0.15, 0.2) is 0 Å². The summed E-state index contributed by atoms with van der Waals surface area (Å²) in [6, 6.07) is 12.5. The Morgan fingerprint density at radius 2 is 2.06 bits per heavy atom. The predicted molar refractivity (Wildman–Crippen MR) is 83.6 cm³/mol. The van der Waals surface area contributed by atoms with Gasteiger partial charge in [0, 0.05) is 17.2 Å². The zero-order valence-electron chi connectivity index (χ0n) is 10.2. The predicted octanol–water partition coefficient (Wildman–Crippen LogP) is 4.64. The number of thiophene rings is 1. The van der Waals surface area contributed by atoms with Crippen molar-refractivity contribution in [3.05, 3.63) is 56.7 Å². The summed E-state index contributed by atoms with van der Waals surface area (Å²) in [7, 11) is 0. The lowest BCUT2D eigenvalue weighted by atomic mass is 10.1. The number of benzene rings is 1. The Balaban J connectivity index is 2.02. The molecule has 4 heteroatoms. The van der Waals surface area contributed by atoms with E-state index in [1.54, 1.807) is 11.3 Å². The Morgan fingerprint density at radius 3 is 2.67 bits per heavy atom. The van der Waals surface area contributed by atoms with Crippen LogP contribution < -0.4 is 5.73 Å². The summed E-state index contributed by atoms with van der Waals surface area (Å²) in [4.78, 5) is 1.26. The summed E-state index contributed by atoms with van der Waals surface area (Å²) in [6.07, 6.45) is 0. The lowest BCUT2D eigenvalue weighted by molar-refractivity contribution is 0.959. The van der Waals surface area contributed by atoms with E-state index in [2.05, 4.69) is 37.3 Å². The SMILES string of the molecule is Cc1ccccc1CSC(CN)c1ccc(Cl)s1. The van der Waals surface area contributed by atoms with Crippen LogP contribution in [-0.2, 0) is 5.75 Å². The van der Waals surface area contributed by atoms with Crippen molar-refractivity contribution >= 4 is 34.7 Å². The van der Waals surface area contributed by atoms with Gasteiger partial charge in [-0.2, -0.15) is 0 Å². The molecule has 2 aromatic rings. The van der Waals surface area contributed by atoms with Gasteiger partial charge in [0.2, 0.25) is 0 Å². The third-order valence-corrected chi connectivity index (χ3v) is 5.65. The molecule has 1 atom stereocenters. The molecule has 1 aromatic heterocycles. The van der Waals surface area contributed by atoms with Gasteiger partial charge in [-0.3, -0.25) is 0 Å². The van der Waals surface area contributed by atoms with Gasteiger partial charge in [0.25, 0.3) is 0 Å². The lowest BCUT2D eigenvalue weighted by Gasteiger charge is -2.13. The molecular weight excluding hydrogens is 282 g/mol. The highest BCUT2D eigenvalue weighted by Crippen LogP contribution is 2.36. The van der Waals surface area contributed by atoms with Crippen molar-refractivity contribution in [1.82, 2.24) is 0 Å². The Kier molecular flexibility index (Phi) is 5.13. The monoisotopic (exact) mass is 297 g/mol. The molecule has 1 unspecified atom stereocenters. The van der Waals surface area contributed by atoms with E-state index in [4.69, 9.17) is 17.3 Å². The first-order chi connectivity index (χ1) is 8.70. The van der Waals surface area contributed by atoms with E-state index in [1.165, 1.54) is 16.0 Å². The molecule has 2 N–H and O–H groups in total. The van der Waals surface area contributed by atoms with Crippen molar-refractivity contribution in [2.45, 2.75) is 17.9 Å². The van der Waals surface area contributed by atoms with Gasteiger partial charge < -0.3 is 5.73 Å². The molecule has 1 nitrogen and oxygen atoms in total. The van der Waals surface area contributed by atoms with Crippen LogP contribution >= 0.6 is 34.7 Å². The van der Waals surface area contributed by atoms with Gasteiger partial charge in [-0.1, -0.05) is 35.9 Å². The maximum atomic E-state index is 5.97. The molecule has 1 heterocycles. The number of halogens is 1. The first-order valence-electron chi connectivity index (χ1n) is 5.82. The van der Waals surface area contributed by atoms with Crippen LogP contribution in [0.15, 0.2) is 36.4 Å². The maximum Gasteiger partial charge on any atom is 0.0931 e. The summed E-state index contributed by atoms with van der Waals surface area (Å²) in [5, 5.41) is 0.335. The number of rotatable bonds is 5. The van der Waals surface area contributed by atoms with Crippen LogP contribution in [0.2, 0.25) is 4.34 Å². The molecule has 1 aromatic carbocycles. The Bertz CT molecular complexity index is 510. The average Bonchev–Trinajstić information content (AvgIpc) is 2.79. The van der Waals surface area contributed by atoms with Gasteiger partial charge >= 0.3 is 0 Å². The van der Waals surface area contributed by atoms with Crippen molar-refractivity contribution in [2.24, 2.45) is 5.73 Å². The normalized spacial score (nSPS) is 12.6. The van der Waals surface area contributed by atoms with Gasteiger partial charge in [-0.05, 0) is 30.2 Å². The highest BCUT2D eigenvalue weighted by atomic mass is 35.5.